The molecule has 0 saturated heterocycles. The van der Waals surface area contributed by atoms with Crippen molar-refractivity contribution < 1.29 is 14.3 Å². The first-order valence-electron chi connectivity index (χ1n) is 9.43. The summed E-state index contributed by atoms with van der Waals surface area (Å²) in [6, 6.07) is 12.9. The summed E-state index contributed by atoms with van der Waals surface area (Å²) in [5, 5.41) is 7.25. The molecule has 6 nitrogen and oxygen atoms in total. The van der Waals surface area contributed by atoms with E-state index < -0.39 is 5.97 Å². The number of ether oxygens (including phenoxy) is 1. The lowest BCUT2D eigenvalue weighted by Crippen LogP contribution is -2.22. The summed E-state index contributed by atoms with van der Waals surface area (Å²) in [5.74, 6) is -0.912. The minimum absolute atomic E-state index is 0.342. The number of aromatic nitrogens is 2. The number of carbonyl (C=O) groups excluding carboxylic acids is 2. The Balaban J connectivity index is 1.61. The number of nitrogens with one attached hydrogen (secondary N) is 1. The Morgan fingerprint density at radius 1 is 0.966 bits per heavy atom. The lowest BCUT2D eigenvalue weighted by Gasteiger charge is -2.13. The minimum Gasteiger partial charge on any atom is -0.452 e. The highest BCUT2D eigenvalue weighted by atomic mass is 16.5. The van der Waals surface area contributed by atoms with E-state index in [2.05, 4.69) is 10.4 Å². The highest BCUT2D eigenvalue weighted by Gasteiger charge is 2.13. The molecule has 0 aliphatic heterocycles. The number of benzene rings is 2. The van der Waals surface area contributed by atoms with Crippen LogP contribution in [0.1, 0.15) is 38.4 Å². The molecule has 0 saturated carbocycles. The van der Waals surface area contributed by atoms with Gasteiger partial charge in [0.25, 0.3) is 5.91 Å². The third-order valence-electron chi connectivity index (χ3n) is 4.63. The summed E-state index contributed by atoms with van der Waals surface area (Å²) in [7, 11) is 0. The summed E-state index contributed by atoms with van der Waals surface area (Å²) in [4.78, 5) is 24.5. The second kappa shape index (κ2) is 8.31. The van der Waals surface area contributed by atoms with Crippen LogP contribution in [0.3, 0.4) is 0 Å². The number of esters is 1. The Bertz CT molecular complexity index is 1040. The molecule has 3 rings (SSSR count). The van der Waals surface area contributed by atoms with Gasteiger partial charge in [0.1, 0.15) is 0 Å². The van der Waals surface area contributed by atoms with Crippen LogP contribution in [0, 0.1) is 34.6 Å². The van der Waals surface area contributed by atoms with Gasteiger partial charge in [-0.25, -0.2) is 9.48 Å². The van der Waals surface area contributed by atoms with Crippen LogP contribution in [0.4, 0.5) is 5.69 Å². The second-order valence-electron chi connectivity index (χ2n) is 7.28. The zero-order chi connectivity index (χ0) is 21.1. The third kappa shape index (κ3) is 4.71. The highest BCUT2D eigenvalue weighted by molar-refractivity contribution is 5.96. The van der Waals surface area contributed by atoms with Crippen molar-refractivity contribution in [3.8, 4) is 5.69 Å². The summed E-state index contributed by atoms with van der Waals surface area (Å²) >= 11 is 0. The molecule has 0 bridgehead atoms. The first-order valence-corrected chi connectivity index (χ1v) is 9.43. The van der Waals surface area contributed by atoms with E-state index in [9.17, 15) is 9.59 Å². The first kappa shape index (κ1) is 20.3. The summed E-state index contributed by atoms with van der Waals surface area (Å²) in [6.07, 6.45) is 0. The van der Waals surface area contributed by atoms with Crippen molar-refractivity contribution in [1.82, 2.24) is 9.78 Å². The van der Waals surface area contributed by atoms with Gasteiger partial charge in [-0.1, -0.05) is 17.7 Å². The molecule has 150 valence electrons. The summed E-state index contributed by atoms with van der Waals surface area (Å²) in [6.45, 7) is 9.44. The molecular weight excluding hydrogens is 366 g/mol. The van der Waals surface area contributed by atoms with Crippen LogP contribution < -0.4 is 5.32 Å². The fraction of sp³-hybridized carbons (Fsp3) is 0.261. The molecule has 0 radical (unpaired) electrons. The van der Waals surface area contributed by atoms with Gasteiger partial charge in [-0.05, 0) is 76.1 Å². The van der Waals surface area contributed by atoms with E-state index in [1.807, 2.05) is 57.5 Å². The lowest BCUT2D eigenvalue weighted by atomic mass is 10.1. The van der Waals surface area contributed by atoms with Gasteiger partial charge in [0.15, 0.2) is 6.61 Å². The minimum atomic E-state index is -0.544. The standard InChI is InChI=1S/C23H25N3O3/c1-14-10-15(2)22(16(3)11-14)24-21(27)13-29-23(28)19-6-8-20(9-7-19)26-18(5)12-17(4)25-26/h6-12H,13H2,1-5H3,(H,24,27). The largest absolute Gasteiger partial charge is 0.452 e. The fourth-order valence-electron chi connectivity index (χ4n) is 3.40. The molecule has 0 unspecified atom stereocenters. The number of rotatable bonds is 5. The van der Waals surface area contributed by atoms with E-state index in [-0.39, 0.29) is 12.5 Å². The monoisotopic (exact) mass is 391 g/mol. The van der Waals surface area contributed by atoms with Crippen LogP contribution in [-0.4, -0.2) is 28.3 Å². The van der Waals surface area contributed by atoms with E-state index in [1.54, 1.807) is 24.3 Å². The van der Waals surface area contributed by atoms with Gasteiger partial charge in [0.2, 0.25) is 0 Å². The topological polar surface area (TPSA) is 73.2 Å². The molecule has 1 heterocycles. The molecule has 0 atom stereocenters. The SMILES string of the molecule is Cc1cc(C)c(NC(=O)COC(=O)c2ccc(-n3nc(C)cc3C)cc2)c(C)c1. The Morgan fingerprint density at radius 3 is 2.14 bits per heavy atom. The van der Waals surface area contributed by atoms with Crippen molar-refractivity contribution in [2.45, 2.75) is 34.6 Å². The van der Waals surface area contributed by atoms with Crippen molar-refractivity contribution in [1.29, 1.82) is 0 Å². The number of nitrogens with zero attached hydrogens (tertiary/aromatic N) is 2. The van der Waals surface area contributed by atoms with E-state index in [0.717, 1.165) is 39.5 Å². The Hall–Kier alpha value is -3.41. The van der Waals surface area contributed by atoms with Gasteiger partial charge in [0.05, 0.1) is 16.9 Å². The maximum absolute atomic E-state index is 12.3. The van der Waals surface area contributed by atoms with Crippen LogP contribution in [-0.2, 0) is 9.53 Å². The van der Waals surface area contributed by atoms with E-state index in [0.29, 0.717) is 5.56 Å². The van der Waals surface area contributed by atoms with Crippen LogP contribution in [0.25, 0.3) is 5.69 Å². The molecule has 6 heteroatoms. The van der Waals surface area contributed by atoms with Gasteiger partial charge in [-0.2, -0.15) is 5.10 Å². The molecule has 0 fully saturated rings. The van der Waals surface area contributed by atoms with Crippen LogP contribution >= 0.6 is 0 Å². The van der Waals surface area contributed by atoms with E-state index >= 15 is 0 Å². The molecule has 29 heavy (non-hydrogen) atoms. The summed E-state index contributed by atoms with van der Waals surface area (Å²) < 4.78 is 6.98. The molecule has 2 aromatic carbocycles. The normalized spacial score (nSPS) is 10.7. The zero-order valence-corrected chi connectivity index (χ0v) is 17.4. The Morgan fingerprint density at radius 2 is 1.59 bits per heavy atom. The van der Waals surface area contributed by atoms with Gasteiger partial charge in [-0.15, -0.1) is 0 Å². The van der Waals surface area contributed by atoms with Crippen molar-refractivity contribution in [3.63, 3.8) is 0 Å². The van der Waals surface area contributed by atoms with Crippen molar-refractivity contribution in [3.05, 3.63) is 76.1 Å². The van der Waals surface area contributed by atoms with Crippen molar-refractivity contribution in [2.75, 3.05) is 11.9 Å². The average molecular weight is 391 g/mol. The van der Waals surface area contributed by atoms with Crippen molar-refractivity contribution >= 4 is 17.6 Å². The quantitative estimate of drug-likeness (QED) is 0.661. The van der Waals surface area contributed by atoms with Gasteiger partial charge in [0, 0.05) is 11.4 Å². The van der Waals surface area contributed by atoms with Crippen LogP contribution in [0.15, 0.2) is 42.5 Å². The first-order chi connectivity index (χ1) is 13.7. The number of hydrogen-bond acceptors (Lipinski definition) is 4. The molecule has 0 aliphatic carbocycles. The molecular formula is C23H25N3O3. The molecule has 1 aromatic heterocycles. The van der Waals surface area contributed by atoms with E-state index in [1.165, 1.54) is 0 Å². The van der Waals surface area contributed by atoms with Crippen molar-refractivity contribution in [2.24, 2.45) is 0 Å². The summed E-state index contributed by atoms with van der Waals surface area (Å²) in [5.41, 5.74) is 7.01. The molecule has 0 aliphatic rings. The maximum Gasteiger partial charge on any atom is 0.338 e. The second-order valence-corrected chi connectivity index (χ2v) is 7.28. The molecule has 3 aromatic rings. The van der Waals surface area contributed by atoms with Crippen LogP contribution in [0.2, 0.25) is 0 Å². The van der Waals surface area contributed by atoms with Gasteiger partial charge < -0.3 is 10.1 Å². The fourth-order valence-corrected chi connectivity index (χ4v) is 3.40. The molecule has 1 N–H and O–H groups in total. The molecule has 0 spiro atoms. The lowest BCUT2D eigenvalue weighted by molar-refractivity contribution is -0.119. The predicted molar refractivity (Wildman–Crippen MR) is 113 cm³/mol. The maximum atomic E-state index is 12.3. The number of aryl methyl sites for hydroxylation is 5. The number of amides is 1. The highest BCUT2D eigenvalue weighted by Crippen LogP contribution is 2.21. The van der Waals surface area contributed by atoms with Gasteiger partial charge in [-0.3, -0.25) is 4.79 Å². The number of anilines is 1. The van der Waals surface area contributed by atoms with Gasteiger partial charge >= 0.3 is 5.97 Å². The molecule has 1 amide bonds. The number of hydrogen-bond donors (Lipinski definition) is 1. The zero-order valence-electron chi connectivity index (χ0n) is 17.4. The smallest absolute Gasteiger partial charge is 0.338 e. The average Bonchev–Trinajstić information content (AvgIpc) is 3.01. The third-order valence-corrected chi connectivity index (χ3v) is 4.63. The van der Waals surface area contributed by atoms with E-state index in [4.69, 9.17) is 4.74 Å². The predicted octanol–water partition coefficient (Wildman–Crippen LogP) is 4.21. The Kier molecular flexibility index (Phi) is 5.82. The number of carbonyl (C=O) groups is 2. The Labute approximate surface area is 170 Å². The van der Waals surface area contributed by atoms with Crippen LogP contribution in [0.5, 0.6) is 0 Å².